The molecule has 0 bridgehead atoms. The van der Waals surface area contributed by atoms with Gasteiger partial charge in [-0.3, -0.25) is 9.97 Å². The fourth-order valence-electron chi connectivity index (χ4n) is 2.71. The van der Waals surface area contributed by atoms with Gasteiger partial charge in [0.05, 0.1) is 15.6 Å². The van der Waals surface area contributed by atoms with Crippen LogP contribution in [0.15, 0.2) is 53.6 Å². The van der Waals surface area contributed by atoms with Crippen LogP contribution in [-0.2, 0) is 9.84 Å². The molecule has 25 heavy (non-hydrogen) atoms. The summed E-state index contributed by atoms with van der Waals surface area (Å²) in [6.07, 6.45) is 2.78. The van der Waals surface area contributed by atoms with Gasteiger partial charge in [0, 0.05) is 35.0 Å². The highest BCUT2D eigenvalue weighted by Crippen LogP contribution is 2.34. The van der Waals surface area contributed by atoms with Crippen molar-refractivity contribution in [3.63, 3.8) is 0 Å². The topological polar surface area (TPSA) is 59.9 Å². The van der Waals surface area contributed by atoms with E-state index >= 15 is 0 Å². The monoisotopic (exact) mass is 372 g/mol. The minimum Gasteiger partial charge on any atom is -0.258 e. The number of pyridine rings is 2. The molecule has 0 fully saturated rings. The average Bonchev–Trinajstić information content (AvgIpc) is 2.55. The molecule has 0 saturated heterocycles. The first-order chi connectivity index (χ1) is 11.8. The summed E-state index contributed by atoms with van der Waals surface area (Å²) in [4.78, 5) is 9.24. The number of aromatic nitrogens is 2. The number of halogens is 1. The Morgan fingerprint density at radius 3 is 2.44 bits per heavy atom. The third-order valence-electron chi connectivity index (χ3n) is 3.91. The van der Waals surface area contributed by atoms with Crippen LogP contribution in [0.5, 0.6) is 0 Å². The lowest BCUT2D eigenvalue weighted by atomic mass is 9.98. The van der Waals surface area contributed by atoms with Crippen molar-refractivity contribution in [1.82, 2.24) is 9.97 Å². The van der Waals surface area contributed by atoms with E-state index in [1.807, 2.05) is 32.0 Å². The van der Waals surface area contributed by atoms with Gasteiger partial charge < -0.3 is 0 Å². The van der Waals surface area contributed by atoms with E-state index in [1.54, 1.807) is 30.5 Å². The number of nitrogens with zero attached hydrogens (tertiary/aromatic N) is 2. The van der Waals surface area contributed by atoms with E-state index in [9.17, 15) is 8.42 Å². The first-order valence-electron chi connectivity index (χ1n) is 7.66. The molecule has 0 aliphatic heterocycles. The van der Waals surface area contributed by atoms with Crippen molar-refractivity contribution in [2.75, 3.05) is 6.26 Å². The molecule has 0 N–H and O–H groups in total. The van der Waals surface area contributed by atoms with Gasteiger partial charge >= 0.3 is 0 Å². The number of rotatable bonds is 3. The van der Waals surface area contributed by atoms with Gasteiger partial charge in [-0.1, -0.05) is 23.7 Å². The molecule has 0 aliphatic rings. The predicted octanol–water partition coefficient (Wildman–Crippen LogP) is 4.48. The molecule has 1 aromatic carbocycles. The fraction of sp³-hybridized carbons (Fsp3) is 0.158. The summed E-state index contributed by atoms with van der Waals surface area (Å²) in [5, 5.41) is 0.487. The van der Waals surface area contributed by atoms with Gasteiger partial charge in [-0.15, -0.1) is 0 Å². The second kappa shape index (κ2) is 6.58. The standard InChI is InChI=1S/C19H17ClN2O2S/c1-12-7-8-17(13(2)22-12)19-18(10-15(20)11-21-19)14-5-4-6-16(9-14)25(3,23)24/h4-11H,1-3H3. The first kappa shape index (κ1) is 17.6. The highest BCUT2D eigenvalue weighted by molar-refractivity contribution is 7.90. The highest BCUT2D eigenvalue weighted by Gasteiger charge is 2.15. The second-order valence-corrected chi connectivity index (χ2v) is 8.39. The smallest absolute Gasteiger partial charge is 0.175 e. The molecule has 128 valence electrons. The SMILES string of the molecule is Cc1ccc(-c2ncc(Cl)cc2-c2cccc(S(C)(=O)=O)c2)c(C)n1. The van der Waals surface area contributed by atoms with Gasteiger partial charge in [-0.05, 0) is 49.7 Å². The van der Waals surface area contributed by atoms with E-state index in [0.29, 0.717) is 5.02 Å². The van der Waals surface area contributed by atoms with Crippen LogP contribution in [0.4, 0.5) is 0 Å². The van der Waals surface area contributed by atoms with Crippen LogP contribution in [-0.4, -0.2) is 24.6 Å². The van der Waals surface area contributed by atoms with E-state index in [0.717, 1.165) is 33.8 Å². The molecule has 0 amide bonds. The summed E-state index contributed by atoms with van der Waals surface area (Å²) in [6.45, 7) is 3.86. The van der Waals surface area contributed by atoms with Crippen molar-refractivity contribution >= 4 is 21.4 Å². The summed E-state index contributed by atoms with van der Waals surface area (Å²) in [5.74, 6) is 0. The van der Waals surface area contributed by atoms with Gasteiger partial charge in [-0.25, -0.2) is 8.42 Å². The quantitative estimate of drug-likeness (QED) is 0.679. The normalized spacial score (nSPS) is 11.5. The Labute approximate surface area is 152 Å². The number of sulfone groups is 1. The van der Waals surface area contributed by atoms with Crippen LogP contribution in [0.3, 0.4) is 0 Å². The van der Waals surface area contributed by atoms with Crippen molar-refractivity contribution in [3.05, 3.63) is 65.1 Å². The third-order valence-corrected chi connectivity index (χ3v) is 5.22. The Bertz CT molecular complexity index is 1060. The van der Waals surface area contributed by atoms with Crippen molar-refractivity contribution < 1.29 is 8.42 Å². The summed E-state index contributed by atoms with van der Waals surface area (Å²) in [5.41, 5.74) is 4.91. The van der Waals surface area contributed by atoms with Crippen LogP contribution in [0.2, 0.25) is 5.02 Å². The maximum atomic E-state index is 11.9. The average molecular weight is 373 g/mol. The minimum atomic E-state index is -3.30. The lowest BCUT2D eigenvalue weighted by Crippen LogP contribution is -1.98. The van der Waals surface area contributed by atoms with Crippen molar-refractivity contribution in [3.8, 4) is 22.4 Å². The molecule has 2 heterocycles. The maximum absolute atomic E-state index is 11.9. The highest BCUT2D eigenvalue weighted by atomic mass is 35.5. The van der Waals surface area contributed by atoms with Crippen molar-refractivity contribution in [2.45, 2.75) is 18.7 Å². The van der Waals surface area contributed by atoms with Crippen LogP contribution < -0.4 is 0 Å². The second-order valence-electron chi connectivity index (χ2n) is 5.94. The Balaban J connectivity index is 2.25. The number of hydrogen-bond donors (Lipinski definition) is 0. The Morgan fingerprint density at radius 1 is 1.00 bits per heavy atom. The lowest BCUT2D eigenvalue weighted by Gasteiger charge is -2.12. The van der Waals surface area contributed by atoms with Crippen molar-refractivity contribution in [2.24, 2.45) is 0 Å². The van der Waals surface area contributed by atoms with E-state index in [1.165, 1.54) is 6.26 Å². The van der Waals surface area contributed by atoms with E-state index in [-0.39, 0.29) is 4.90 Å². The van der Waals surface area contributed by atoms with Gasteiger partial charge in [-0.2, -0.15) is 0 Å². The maximum Gasteiger partial charge on any atom is 0.175 e. The summed E-state index contributed by atoms with van der Waals surface area (Å²) < 4.78 is 23.8. The minimum absolute atomic E-state index is 0.259. The third kappa shape index (κ3) is 3.72. The largest absolute Gasteiger partial charge is 0.258 e. The van der Waals surface area contributed by atoms with E-state index in [2.05, 4.69) is 9.97 Å². The van der Waals surface area contributed by atoms with Crippen LogP contribution >= 0.6 is 11.6 Å². The molecular formula is C19H17ClN2O2S. The zero-order valence-corrected chi connectivity index (χ0v) is 15.7. The molecule has 3 rings (SSSR count). The Kier molecular flexibility index (Phi) is 4.62. The molecule has 0 radical (unpaired) electrons. The molecule has 6 heteroatoms. The number of benzene rings is 1. The zero-order chi connectivity index (χ0) is 18.2. The summed E-state index contributed by atoms with van der Waals surface area (Å²) in [6, 6.07) is 12.5. The lowest BCUT2D eigenvalue weighted by molar-refractivity contribution is 0.602. The Hall–Kier alpha value is -2.24. The zero-order valence-electron chi connectivity index (χ0n) is 14.1. The van der Waals surface area contributed by atoms with Crippen LogP contribution in [0, 0.1) is 13.8 Å². The molecule has 0 atom stereocenters. The molecule has 0 unspecified atom stereocenters. The molecule has 0 saturated carbocycles. The van der Waals surface area contributed by atoms with Gasteiger partial charge in [0.2, 0.25) is 0 Å². The fourth-order valence-corrected chi connectivity index (χ4v) is 3.53. The summed E-state index contributed by atoms with van der Waals surface area (Å²) >= 11 is 6.15. The molecular weight excluding hydrogens is 356 g/mol. The van der Waals surface area contributed by atoms with Gasteiger partial charge in [0.25, 0.3) is 0 Å². The molecule has 2 aromatic heterocycles. The molecule has 3 aromatic rings. The van der Waals surface area contributed by atoms with E-state index in [4.69, 9.17) is 11.6 Å². The first-order valence-corrected chi connectivity index (χ1v) is 9.93. The predicted molar refractivity (Wildman–Crippen MR) is 100 cm³/mol. The molecule has 4 nitrogen and oxygen atoms in total. The molecule has 0 aliphatic carbocycles. The number of hydrogen-bond acceptors (Lipinski definition) is 4. The number of aryl methyl sites for hydroxylation is 2. The van der Waals surface area contributed by atoms with Gasteiger partial charge in [0.1, 0.15) is 0 Å². The van der Waals surface area contributed by atoms with Crippen molar-refractivity contribution in [1.29, 1.82) is 0 Å². The summed E-state index contributed by atoms with van der Waals surface area (Å²) in [7, 11) is -3.30. The van der Waals surface area contributed by atoms with Crippen LogP contribution in [0.1, 0.15) is 11.4 Å². The Morgan fingerprint density at radius 2 is 1.76 bits per heavy atom. The molecule has 0 spiro atoms. The van der Waals surface area contributed by atoms with Gasteiger partial charge in [0.15, 0.2) is 9.84 Å². The van der Waals surface area contributed by atoms with Crippen LogP contribution in [0.25, 0.3) is 22.4 Å². The van der Waals surface area contributed by atoms with E-state index < -0.39 is 9.84 Å².